The highest BCUT2D eigenvalue weighted by molar-refractivity contribution is 5.99. The molecule has 0 spiro atoms. The minimum Gasteiger partial charge on any atom is -0.481 e. The number of pyridine rings is 1. The van der Waals surface area contributed by atoms with Gasteiger partial charge in [0, 0.05) is 50.5 Å². The predicted octanol–water partition coefficient (Wildman–Crippen LogP) is 1.70. The summed E-state index contributed by atoms with van der Waals surface area (Å²) in [7, 11) is 0. The second kappa shape index (κ2) is 28.7. The van der Waals surface area contributed by atoms with Crippen LogP contribution in [0.3, 0.4) is 0 Å². The Morgan fingerprint density at radius 1 is 0.486 bits per heavy atom. The summed E-state index contributed by atoms with van der Waals surface area (Å²) in [5.41, 5.74) is 1.12. The first kappa shape index (κ1) is 57.5. The van der Waals surface area contributed by atoms with Crippen molar-refractivity contribution in [3.8, 4) is 0 Å². The number of unbranched alkanes of at least 4 members (excludes halogenated alkanes) is 1. The van der Waals surface area contributed by atoms with Crippen molar-refractivity contribution >= 4 is 76.2 Å². The van der Waals surface area contributed by atoms with Gasteiger partial charge in [0.15, 0.2) is 0 Å². The highest BCUT2D eigenvalue weighted by atomic mass is 18.2. The summed E-state index contributed by atoms with van der Waals surface area (Å²) in [5.74, 6) is -11.7. The lowest BCUT2D eigenvalue weighted by atomic mass is 10.0. The third-order valence-corrected chi connectivity index (χ3v) is 11.2. The quantitative estimate of drug-likeness (QED) is 0.0261. The van der Waals surface area contributed by atoms with E-state index in [1.54, 1.807) is 6.07 Å². The minimum absolute atomic E-state index is 0.0241. The third-order valence-electron chi connectivity index (χ3n) is 11.2. The van der Waals surface area contributed by atoms with Gasteiger partial charge in [-0.2, -0.15) is 4.39 Å². The lowest BCUT2D eigenvalue weighted by Crippen LogP contribution is -2.53. The number of aliphatic carboxylic acids is 5. The molecule has 24 nitrogen and oxygen atoms in total. The molecule has 1 heterocycles. The average Bonchev–Trinajstić information content (AvgIpc) is 3.35. The van der Waals surface area contributed by atoms with Gasteiger partial charge < -0.3 is 62.8 Å². The fourth-order valence-electron chi connectivity index (χ4n) is 7.18. The highest BCUT2D eigenvalue weighted by Crippen LogP contribution is 2.18. The van der Waals surface area contributed by atoms with E-state index in [-0.39, 0.29) is 49.9 Å². The standard InChI is InChI=1S/C49H55FN8O16/c50-38-18-14-32(26-52-38)43(66)54-34(16-20-40(61)62)46(69)55-33(15-19-39(59)60)44(67)53-25-27-8-12-30(13-9-27)42(65)56-37(24-28-10-11-29-5-1-2-6-31(29)23-28)45(68)51-22-4-3-7-35(47(70)71)57-49(74)58-36(48(72)73)17-21-41(63)64/h1-2,5-6,8-14,18,23,26,33-37H,3-4,7,15-17,19-22,24-25H2,(H,51,68)(H,53,67)(H,54,66)(H,55,69)(H,56,65)(H,59,60)(H,61,62)(H,63,64)(H,70,71)(H,72,73)(H2,57,58,74)/i50-1. The van der Waals surface area contributed by atoms with Crippen molar-refractivity contribution in [2.45, 2.75) is 101 Å². The third kappa shape index (κ3) is 19.6. The molecule has 7 amide bonds. The number of nitrogens with one attached hydrogen (secondary N) is 7. The SMILES string of the molecule is O=C(O)CCC(NC(=O)NC(CCCCNC(=O)C(Cc1ccc2ccccc2c1)NC(=O)c1ccc(CNC(=O)C(CCC(=O)O)NC(=O)C(CCC(=O)O)NC(=O)c2ccc([18F])nc2)cc1)C(=O)O)C(=O)O. The summed E-state index contributed by atoms with van der Waals surface area (Å²) in [6.07, 6.45) is -1.76. The largest absolute Gasteiger partial charge is 0.481 e. The molecule has 12 N–H and O–H groups in total. The van der Waals surface area contributed by atoms with Crippen molar-refractivity contribution in [1.82, 2.24) is 42.2 Å². The topological polar surface area (TPSA) is 386 Å². The van der Waals surface area contributed by atoms with Crippen molar-refractivity contribution in [3.05, 3.63) is 113 Å². The Morgan fingerprint density at radius 3 is 1.58 bits per heavy atom. The normalized spacial score (nSPS) is 12.8. The molecule has 0 bridgehead atoms. The van der Waals surface area contributed by atoms with E-state index >= 15 is 0 Å². The van der Waals surface area contributed by atoms with Crippen LogP contribution in [0.5, 0.6) is 0 Å². The molecule has 0 aliphatic heterocycles. The van der Waals surface area contributed by atoms with Crippen molar-refractivity contribution in [1.29, 1.82) is 0 Å². The van der Waals surface area contributed by atoms with Crippen LogP contribution < -0.4 is 37.2 Å². The Balaban J connectivity index is 1.38. The van der Waals surface area contributed by atoms with E-state index < -0.39 is 140 Å². The van der Waals surface area contributed by atoms with Crippen LogP contribution in [0.4, 0.5) is 9.18 Å². The summed E-state index contributed by atoms with van der Waals surface area (Å²) in [6.45, 7) is -0.156. The first-order chi connectivity index (χ1) is 35.2. The second-order valence-electron chi connectivity index (χ2n) is 16.8. The van der Waals surface area contributed by atoms with Crippen molar-refractivity contribution in [3.63, 3.8) is 0 Å². The number of fused-ring (bicyclic) bond motifs is 1. The number of amides is 7. The molecule has 0 radical (unpaired) electrons. The molecule has 4 aromatic rings. The van der Waals surface area contributed by atoms with Crippen LogP contribution in [-0.2, 0) is 51.3 Å². The number of aromatic nitrogens is 1. The molecule has 0 saturated carbocycles. The number of urea groups is 1. The maximum atomic E-state index is 13.7. The number of nitrogens with zero attached hydrogens (tertiary/aromatic N) is 1. The van der Waals surface area contributed by atoms with Gasteiger partial charge in [-0.25, -0.2) is 19.4 Å². The van der Waals surface area contributed by atoms with Gasteiger partial charge in [0.2, 0.25) is 23.7 Å². The Labute approximate surface area is 420 Å². The monoisotopic (exact) mass is 1030 g/mol. The molecule has 0 aliphatic carbocycles. The Bertz CT molecular complexity index is 2690. The lowest BCUT2D eigenvalue weighted by molar-refractivity contribution is -0.141. The van der Waals surface area contributed by atoms with E-state index in [9.17, 15) is 77.6 Å². The number of carbonyl (C=O) groups excluding carboxylic acids is 6. The molecule has 1 aromatic heterocycles. The molecule has 74 heavy (non-hydrogen) atoms. The molecule has 0 aliphatic rings. The van der Waals surface area contributed by atoms with E-state index in [0.717, 1.165) is 29.1 Å². The smallest absolute Gasteiger partial charge is 0.326 e. The number of benzene rings is 3. The zero-order chi connectivity index (χ0) is 54.3. The number of carboxylic acid groups (broad SMARTS) is 5. The molecule has 394 valence electrons. The number of halogens is 1. The number of carboxylic acids is 5. The fourth-order valence-corrected chi connectivity index (χ4v) is 7.18. The molecule has 3 aromatic carbocycles. The Hall–Kier alpha value is -9.03. The summed E-state index contributed by atoms with van der Waals surface area (Å²) in [5, 5.41) is 65.2. The van der Waals surface area contributed by atoms with Crippen LogP contribution in [0.15, 0.2) is 85.1 Å². The Kier molecular flexibility index (Phi) is 22.3. The fraction of sp³-hybridized carbons (Fsp3) is 0.347. The van der Waals surface area contributed by atoms with E-state index in [1.165, 1.54) is 24.3 Å². The highest BCUT2D eigenvalue weighted by Gasteiger charge is 2.29. The van der Waals surface area contributed by atoms with Gasteiger partial charge in [-0.15, -0.1) is 0 Å². The van der Waals surface area contributed by atoms with E-state index in [0.29, 0.717) is 11.1 Å². The Morgan fingerprint density at radius 2 is 1.00 bits per heavy atom. The molecule has 4 rings (SSSR count). The summed E-state index contributed by atoms with van der Waals surface area (Å²) in [4.78, 5) is 140. The lowest BCUT2D eigenvalue weighted by Gasteiger charge is -2.23. The zero-order valence-electron chi connectivity index (χ0n) is 39.5. The molecule has 5 atom stereocenters. The number of hydrogen-bond donors (Lipinski definition) is 12. The van der Waals surface area contributed by atoms with E-state index in [1.807, 2.05) is 41.7 Å². The number of rotatable bonds is 30. The van der Waals surface area contributed by atoms with Gasteiger partial charge >= 0.3 is 35.9 Å². The van der Waals surface area contributed by atoms with Crippen molar-refractivity contribution in [2.75, 3.05) is 6.54 Å². The second-order valence-corrected chi connectivity index (χ2v) is 16.8. The van der Waals surface area contributed by atoms with Crippen LogP contribution in [0, 0.1) is 5.95 Å². The summed E-state index contributed by atoms with van der Waals surface area (Å²) >= 11 is 0. The van der Waals surface area contributed by atoms with Crippen LogP contribution in [0.1, 0.15) is 89.6 Å². The van der Waals surface area contributed by atoms with Gasteiger partial charge in [-0.3, -0.25) is 38.4 Å². The summed E-state index contributed by atoms with van der Waals surface area (Å²) in [6, 6.07) is 12.6. The average molecular weight is 1030 g/mol. The molecule has 5 unspecified atom stereocenters. The molecular weight excluding hydrogens is 975 g/mol. The van der Waals surface area contributed by atoms with Gasteiger partial charge in [0.05, 0.1) is 5.56 Å². The first-order valence-corrected chi connectivity index (χ1v) is 23.0. The number of hydrogen-bond acceptors (Lipinski definition) is 12. The molecular formula is C49H55FN8O16. The zero-order valence-corrected chi connectivity index (χ0v) is 39.5. The minimum atomic E-state index is -1.58. The van der Waals surface area contributed by atoms with E-state index in [2.05, 4.69) is 36.9 Å². The molecule has 25 heteroatoms. The van der Waals surface area contributed by atoms with E-state index in [4.69, 9.17) is 5.11 Å². The van der Waals surface area contributed by atoms with Gasteiger partial charge in [0.1, 0.15) is 30.2 Å². The molecule has 0 saturated heterocycles. The summed E-state index contributed by atoms with van der Waals surface area (Å²) < 4.78 is 13.3. The van der Waals surface area contributed by atoms with Crippen molar-refractivity contribution < 1.29 is 82.7 Å². The first-order valence-electron chi connectivity index (χ1n) is 23.0. The van der Waals surface area contributed by atoms with Gasteiger partial charge in [-0.05, 0) is 84.7 Å². The van der Waals surface area contributed by atoms with Crippen LogP contribution >= 0.6 is 0 Å². The maximum Gasteiger partial charge on any atom is 0.326 e. The van der Waals surface area contributed by atoms with Crippen LogP contribution in [0.2, 0.25) is 0 Å². The van der Waals surface area contributed by atoms with Gasteiger partial charge in [0.25, 0.3) is 11.8 Å². The number of carbonyl (C=O) groups is 11. The van der Waals surface area contributed by atoms with Gasteiger partial charge in [-0.1, -0.05) is 54.6 Å². The predicted molar refractivity (Wildman–Crippen MR) is 257 cm³/mol. The molecule has 0 fully saturated rings. The van der Waals surface area contributed by atoms with Crippen LogP contribution in [-0.4, -0.2) is 133 Å². The van der Waals surface area contributed by atoms with Crippen LogP contribution in [0.25, 0.3) is 10.8 Å². The van der Waals surface area contributed by atoms with Crippen molar-refractivity contribution in [2.24, 2.45) is 0 Å². The maximum absolute atomic E-state index is 13.7.